The number of carbonyl (C=O) groups is 2. The van der Waals surface area contributed by atoms with Gasteiger partial charge in [0.15, 0.2) is 0 Å². The van der Waals surface area contributed by atoms with Crippen LogP contribution in [-0.4, -0.2) is 29.3 Å². The van der Waals surface area contributed by atoms with E-state index < -0.39 is 6.04 Å². The van der Waals surface area contributed by atoms with E-state index in [1.54, 1.807) is 30.0 Å². The number of hydrogen-bond donors (Lipinski definition) is 1. The van der Waals surface area contributed by atoms with E-state index in [-0.39, 0.29) is 11.8 Å². The molecule has 0 fully saturated rings. The molecule has 0 saturated heterocycles. The lowest BCUT2D eigenvalue weighted by atomic mass is 10.0. The molecule has 142 valence electrons. The van der Waals surface area contributed by atoms with Crippen LogP contribution in [0.1, 0.15) is 24.5 Å². The summed E-state index contributed by atoms with van der Waals surface area (Å²) in [7, 11) is 0. The maximum atomic E-state index is 12.8. The van der Waals surface area contributed by atoms with Crippen molar-refractivity contribution in [3.05, 3.63) is 83.4 Å². The van der Waals surface area contributed by atoms with Gasteiger partial charge in [0.1, 0.15) is 6.04 Å². The van der Waals surface area contributed by atoms with Crippen LogP contribution in [0.25, 0.3) is 0 Å². The zero-order valence-corrected chi connectivity index (χ0v) is 16.3. The first kappa shape index (κ1) is 20.7. The van der Waals surface area contributed by atoms with Crippen molar-refractivity contribution in [2.24, 2.45) is 0 Å². The molecule has 0 unspecified atom stereocenters. The second-order valence-corrected chi connectivity index (χ2v) is 6.68. The molecule has 0 aliphatic carbocycles. The van der Waals surface area contributed by atoms with Crippen LogP contribution >= 0.6 is 11.6 Å². The number of halogens is 1. The van der Waals surface area contributed by atoms with Crippen molar-refractivity contribution >= 4 is 23.4 Å². The van der Waals surface area contributed by atoms with Crippen molar-refractivity contribution in [2.75, 3.05) is 6.54 Å². The van der Waals surface area contributed by atoms with Crippen molar-refractivity contribution in [2.45, 2.75) is 32.4 Å². The number of carbonyl (C=O) groups excluding carboxylic acids is 2. The van der Waals surface area contributed by atoms with E-state index in [1.165, 1.54) is 0 Å². The molecule has 0 saturated carbocycles. The van der Waals surface area contributed by atoms with Crippen molar-refractivity contribution in [3.63, 3.8) is 0 Å². The Labute approximate surface area is 165 Å². The first-order chi connectivity index (χ1) is 13.0. The van der Waals surface area contributed by atoms with E-state index in [0.29, 0.717) is 31.0 Å². The van der Waals surface area contributed by atoms with Gasteiger partial charge in [0, 0.05) is 31.0 Å². The second kappa shape index (κ2) is 10.5. The van der Waals surface area contributed by atoms with Gasteiger partial charge in [-0.15, -0.1) is 6.58 Å². The third-order valence-electron chi connectivity index (χ3n) is 4.26. The minimum atomic E-state index is -0.601. The molecule has 2 amide bonds. The molecule has 0 aliphatic rings. The van der Waals surface area contributed by atoms with Crippen molar-refractivity contribution in [1.29, 1.82) is 0 Å². The van der Waals surface area contributed by atoms with Gasteiger partial charge in [0.2, 0.25) is 11.8 Å². The predicted octanol–water partition coefficient (Wildman–Crippen LogP) is 3.99. The summed E-state index contributed by atoms with van der Waals surface area (Å²) in [6, 6.07) is 16.4. The number of rotatable bonds is 9. The Morgan fingerprint density at radius 2 is 1.78 bits per heavy atom. The lowest BCUT2D eigenvalue weighted by Gasteiger charge is -2.31. The summed E-state index contributed by atoms with van der Waals surface area (Å²) in [6.45, 7) is 6.15. The third-order valence-corrected chi connectivity index (χ3v) is 4.51. The first-order valence-corrected chi connectivity index (χ1v) is 9.39. The number of amides is 2. The van der Waals surface area contributed by atoms with Gasteiger partial charge in [-0.2, -0.15) is 0 Å². The Kier molecular flexibility index (Phi) is 8.08. The van der Waals surface area contributed by atoms with E-state index in [4.69, 9.17) is 11.6 Å². The van der Waals surface area contributed by atoms with E-state index in [1.807, 2.05) is 42.5 Å². The number of nitrogens with zero attached hydrogens (tertiary/aromatic N) is 1. The van der Waals surface area contributed by atoms with Gasteiger partial charge in [-0.05, 0) is 23.3 Å². The molecule has 27 heavy (non-hydrogen) atoms. The van der Waals surface area contributed by atoms with Crippen LogP contribution in [0.4, 0.5) is 0 Å². The molecular weight excluding hydrogens is 360 g/mol. The molecule has 0 bridgehead atoms. The standard InChI is InChI=1S/C22H25ClN2O2/c1-3-14-24-22(27)20(15-17-8-6-5-7-9-17)25(21(26)4-2)16-18-10-12-19(23)13-11-18/h3,5-13,20H,1,4,14-16H2,2H3,(H,24,27)/t20-/m0/s1. The van der Waals surface area contributed by atoms with Crippen LogP contribution in [0.3, 0.4) is 0 Å². The highest BCUT2D eigenvalue weighted by atomic mass is 35.5. The first-order valence-electron chi connectivity index (χ1n) is 9.01. The van der Waals surface area contributed by atoms with Gasteiger partial charge >= 0.3 is 0 Å². The topological polar surface area (TPSA) is 49.4 Å². The van der Waals surface area contributed by atoms with Crippen LogP contribution in [0.2, 0.25) is 5.02 Å². The summed E-state index contributed by atoms with van der Waals surface area (Å²) >= 11 is 5.96. The SMILES string of the molecule is C=CCNC(=O)[C@H](Cc1ccccc1)N(Cc1ccc(Cl)cc1)C(=O)CC. The fourth-order valence-corrected chi connectivity index (χ4v) is 2.96. The Morgan fingerprint density at radius 1 is 1.11 bits per heavy atom. The summed E-state index contributed by atoms with van der Waals surface area (Å²) in [5, 5.41) is 3.47. The van der Waals surface area contributed by atoms with Crippen LogP contribution < -0.4 is 5.32 Å². The van der Waals surface area contributed by atoms with E-state index >= 15 is 0 Å². The molecular formula is C22H25ClN2O2. The fraction of sp³-hybridized carbons (Fsp3) is 0.273. The Hall–Kier alpha value is -2.59. The van der Waals surface area contributed by atoms with Crippen LogP contribution in [0.15, 0.2) is 67.3 Å². The lowest BCUT2D eigenvalue weighted by Crippen LogP contribution is -2.50. The van der Waals surface area contributed by atoms with Gasteiger partial charge < -0.3 is 10.2 Å². The summed E-state index contributed by atoms with van der Waals surface area (Å²) in [5.74, 6) is -0.255. The molecule has 0 aromatic heterocycles. The molecule has 0 aliphatic heterocycles. The average Bonchev–Trinajstić information content (AvgIpc) is 2.70. The molecule has 4 nitrogen and oxygen atoms in total. The largest absolute Gasteiger partial charge is 0.351 e. The molecule has 0 heterocycles. The van der Waals surface area contributed by atoms with Crippen molar-refractivity contribution in [3.8, 4) is 0 Å². The summed E-state index contributed by atoms with van der Waals surface area (Å²) in [5.41, 5.74) is 1.93. The van der Waals surface area contributed by atoms with E-state index in [0.717, 1.165) is 11.1 Å². The third kappa shape index (κ3) is 6.26. The van der Waals surface area contributed by atoms with Gasteiger partial charge in [-0.1, -0.05) is 67.1 Å². The zero-order chi connectivity index (χ0) is 19.6. The minimum absolute atomic E-state index is 0.0698. The molecule has 2 rings (SSSR count). The molecule has 1 N–H and O–H groups in total. The minimum Gasteiger partial charge on any atom is -0.351 e. The highest BCUT2D eigenvalue weighted by Gasteiger charge is 2.29. The highest BCUT2D eigenvalue weighted by molar-refractivity contribution is 6.30. The number of hydrogen-bond acceptors (Lipinski definition) is 2. The molecule has 5 heteroatoms. The Balaban J connectivity index is 2.31. The van der Waals surface area contributed by atoms with Crippen LogP contribution in [0.5, 0.6) is 0 Å². The quantitative estimate of drug-likeness (QED) is 0.664. The summed E-state index contributed by atoms with van der Waals surface area (Å²) in [6.07, 6.45) is 2.40. The predicted molar refractivity (Wildman–Crippen MR) is 109 cm³/mol. The summed E-state index contributed by atoms with van der Waals surface area (Å²) in [4.78, 5) is 27.2. The zero-order valence-electron chi connectivity index (χ0n) is 15.5. The monoisotopic (exact) mass is 384 g/mol. The molecule has 2 aromatic carbocycles. The van der Waals surface area contributed by atoms with Gasteiger partial charge in [-0.3, -0.25) is 9.59 Å². The van der Waals surface area contributed by atoms with E-state index in [9.17, 15) is 9.59 Å². The Bertz CT molecular complexity index is 760. The van der Waals surface area contributed by atoms with Crippen molar-refractivity contribution < 1.29 is 9.59 Å². The van der Waals surface area contributed by atoms with Gasteiger partial charge in [0.05, 0.1) is 0 Å². The maximum Gasteiger partial charge on any atom is 0.243 e. The average molecular weight is 385 g/mol. The van der Waals surface area contributed by atoms with Gasteiger partial charge in [-0.25, -0.2) is 0 Å². The number of nitrogens with one attached hydrogen (secondary N) is 1. The maximum absolute atomic E-state index is 12.8. The van der Waals surface area contributed by atoms with E-state index in [2.05, 4.69) is 11.9 Å². The van der Waals surface area contributed by atoms with Crippen LogP contribution in [-0.2, 0) is 22.6 Å². The summed E-state index contributed by atoms with van der Waals surface area (Å²) < 4.78 is 0. The number of benzene rings is 2. The van der Waals surface area contributed by atoms with Crippen molar-refractivity contribution in [1.82, 2.24) is 10.2 Å². The smallest absolute Gasteiger partial charge is 0.243 e. The Morgan fingerprint density at radius 3 is 2.37 bits per heavy atom. The van der Waals surface area contributed by atoms with Crippen LogP contribution in [0, 0.1) is 0 Å². The lowest BCUT2D eigenvalue weighted by molar-refractivity contribution is -0.140. The highest BCUT2D eigenvalue weighted by Crippen LogP contribution is 2.17. The molecule has 1 atom stereocenters. The van der Waals surface area contributed by atoms with Gasteiger partial charge in [0.25, 0.3) is 0 Å². The normalized spacial score (nSPS) is 11.5. The fourth-order valence-electron chi connectivity index (χ4n) is 2.83. The molecule has 2 aromatic rings. The molecule has 0 radical (unpaired) electrons. The second-order valence-electron chi connectivity index (χ2n) is 6.24. The molecule has 0 spiro atoms.